The van der Waals surface area contributed by atoms with Crippen molar-refractivity contribution in [3.8, 4) is 16.4 Å². The molecule has 1 aromatic carbocycles. The highest BCUT2D eigenvalue weighted by atomic mass is 32.1. The van der Waals surface area contributed by atoms with Gasteiger partial charge in [0.15, 0.2) is 5.82 Å². The molecule has 0 radical (unpaired) electrons. The minimum Gasteiger partial charge on any atom is -0.379 e. The van der Waals surface area contributed by atoms with E-state index in [2.05, 4.69) is 20.3 Å². The van der Waals surface area contributed by atoms with Gasteiger partial charge >= 0.3 is 0 Å². The van der Waals surface area contributed by atoms with Gasteiger partial charge in [-0.25, -0.2) is 9.67 Å². The lowest BCUT2D eigenvalue weighted by atomic mass is 10.3. The molecule has 0 spiro atoms. The topological polar surface area (TPSA) is 72.3 Å². The normalized spacial score (nSPS) is 14.9. The van der Waals surface area contributed by atoms with E-state index in [0.717, 1.165) is 49.8 Å². The molecular weight excluding hydrogens is 374 g/mol. The Kier molecular flexibility index (Phi) is 6.11. The third-order valence-electron chi connectivity index (χ3n) is 4.59. The van der Waals surface area contributed by atoms with E-state index in [1.165, 1.54) is 0 Å². The van der Waals surface area contributed by atoms with Crippen molar-refractivity contribution in [2.24, 2.45) is 0 Å². The van der Waals surface area contributed by atoms with Gasteiger partial charge in [-0.05, 0) is 36.5 Å². The van der Waals surface area contributed by atoms with Gasteiger partial charge in [0.1, 0.15) is 0 Å². The lowest BCUT2D eigenvalue weighted by Crippen LogP contribution is -2.38. The van der Waals surface area contributed by atoms with Gasteiger partial charge in [-0.15, -0.1) is 16.4 Å². The maximum atomic E-state index is 12.6. The molecule has 0 saturated carbocycles. The molecular formula is C20H23N5O2S. The zero-order valence-corrected chi connectivity index (χ0v) is 16.4. The van der Waals surface area contributed by atoms with Gasteiger partial charge in [0.2, 0.25) is 5.82 Å². The van der Waals surface area contributed by atoms with Gasteiger partial charge in [-0.3, -0.25) is 9.69 Å². The minimum atomic E-state index is -0.241. The average Bonchev–Trinajstić information content (AvgIpc) is 3.42. The number of hydrogen-bond acceptors (Lipinski definition) is 6. The number of hydrogen-bond donors (Lipinski definition) is 1. The maximum Gasteiger partial charge on any atom is 0.290 e. The fraction of sp³-hybridized carbons (Fsp3) is 0.350. The summed E-state index contributed by atoms with van der Waals surface area (Å²) in [5, 5.41) is 9.41. The van der Waals surface area contributed by atoms with Crippen LogP contribution in [0.3, 0.4) is 0 Å². The third kappa shape index (κ3) is 4.46. The second kappa shape index (κ2) is 9.09. The smallest absolute Gasteiger partial charge is 0.290 e. The first kappa shape index (κ1) is 18.8. The summed E-state index contributed by atoms with van der Waals surface area (Å²) in [6.07, 6.45) is 0.892. The van der Waals surface area contributed by atoms with Crippen LogP contribution in [-0.4, -0.2) is 65.0 Å². The molecule has 1 N–H and O–H groups in total. The van der Waals surface area contributed by atoms with Gasteiger partial charge < -0.3 is 10.1 Å². The third-order valence-corrected chi connectivity index (χ3v) is 5.46. The first-order valence-corrected chi connectivity index (χ1v) is 10.3. The number of aromatic nitrogens is 3. The highest BCUT2D eigenvalue weighted by molar-refractivity contribution is 7.13. The Hall–Kier alpha value is -2.55. The number of ether oxygens (including phenoxy) is 1. The molecule has 0 bridgehead atoms. The number of carbonyl (C=O) groups excluding carboxylic acids is 1. The van der Waals surface area contributed by atoms with Crippen LogP contribution < -0.4 is 5.32 Å². The van der Waals surface area contributed by atoms with E-state index in [1.807, 2.05) is 47.8 Å². The quantitative estimate of drug-likeness (QED) is 0.620. The number of amides is 1. The van der Waals surface area contributed by atoms with E-state index >= 15 is 0 Å². The molecule has 1 aliphatic heterocycles. The van der Waals surface area contributed by atoms with Crippen molar-refractivity contribution in [1.29, 1.82) is 0 Å². The van der Waals surface area contributed by atoms with Crippen LogP contribution in [0.2, 0.25) is 0 Å². The Bertz CT molecular complexity index is 889. The number of para-hydroxylation sites is 1. The predicted molar refractivity (Wildman–Crippen MR) is 109 cm³/mol. The summed E-state index contributed by atoms with van der Waals surface area (Å²) in [7, 11) is 0. The molecule has 1 amide bonds. The standard InChI is InChI=1S/C20H23N5O2S/c26-20(21-9-5-10-24-11-13-27-14-12-24)18-22-19(17-8-4-15-28-17)25(23-18)16-6-2-1-3-7-16/h1-4,6-8,15H,5,9-14H2,(H,21,26). The molecule has 1 saturated heterocycles. The van der Waals surface area contributed by atoms with Crippen molar-refractivity contribution >= 4 is 17.2 Å². The van der Waals surface area contributed by atoms with E-state index in [0.29, 0.717) is 12.4 Å². The van der Waals surface area contributed by atoms with Crippen LogP contribution in [0.5, 0.6) is 0 Å². The average molecular weight is 398 g/mol. The fourth-order valence-corrected chi connectivity index (χ4v) is 3.83. The van der Waals surface area contributed by atoms with Gasteiger partial charge in [0.05, 0.1) is 23.8 Å². The van der Waals surface area contributed by atoms with E-state index in [1.54, 1.807) is 16.0 Å². The molecule has 28 heavy (non-hydrogen) atoms. The van der Waals surface area contributed by atoms with Gasteiger partial charge in [-0.2, -0.15) is 0 Å². The highest BCUT2D eigenvalue weighted by Crippen LogP contribution is 2.25. The van der Waals surface area contributed by atoms with Crippen LogP contribution in [0.15, 0.2) is 47.8 Å². The summed E-state index contributed by atoms with van der Waals surface area (Å²) in [5.74, 6) is 0.632. The first-order valence-electron chi connectivity index (χ1n) is 9.46. The molecule has 1 aliphatic rings. The van der Waals surface area contributed by atoms with Crippen LogP contribution in [0, 0.1) is 0 Å². The maximum absolute atomic E-state index is 12.6. The minimum absolute atomic E-state index is 0.193. The van der Waals surface area contributed by atoms with Crippen LogP contribution in [-0.2, 0) is 4.74 Å². The summed E-state index contributed by atoms with van der Waals surface area (Å²) in [6.45, 7) is 5.06. The van der Waals surface area contributed by atoms with Crippen LogP contribution in [0.1, 0.15) is 17.0 Å². The zero-order chi connectivity index (χ0) is 19.2. The Morgan fingerprint density at radius 3 is 2.71 bits per heavy atom. The monoisotopic (exact) mass is 397 g/mol. The van der Waals surface area contributed by atoms with Gasteiger partial charge in [-0.1, -0.05) is 24.3 Å². The molecule has 3 aromatic rings. The largest absolute Gasteiger partial charge is 0.379 e. The van der Waals surface area contributed by atoms with E-state index in [9.17, 15) is 4.79 Å². The number of benzene rings is 1. The van der Waals surface area contributed by atoms with Crippen LogP contribution in [0.25, 0.3) is 16.4 Å². The lowest BCUT2D eigenvalue weighted by molar-refractivity contribution is 0.0374. The number of thiophene rings is 1. The molecule has 4 rings (SSSR count). The second-order valence-corrected chi connectivity index (χ2v) is 7.49. The van der Waals surface area contributed by atoms with Gasteiger partial charge in [0, 0.05) is 19.6 Å². The molecule has 1 fully saturated rings. The molecule has 0 unspecified atom stereocenters. The number of rotatable bonds is 7. The molecule has 2 aromatic heterocycles. The Labute approximate surface area is 168 Å². The number of nitrogens with zero attached hydrogens (tertiary/aromatic N) is 4. The first-order chi connectivity index (χ1) is 13.8. The van der Waals surface area contributed by atoms with Crippen molar-refractivity contribution < 1.29 is 9.53 Å². The van der Waals surface area contributed by atoms with Crippen LogP contribution >= 0.6 is 11.3 Å². The number of morpholine rings is 1. The predicted octanol–water partition coefficient (Wildman–Crippen LogP) is 2.45. The summed E-state index contributed by atoms with van der Waals surface area (Å²) >= 11 is 1.58. The summed E-state index contributed by atoms with van der Waals surface area (Å²) < 4.78 is 7.08. The van der Waals surface area contributed by atoms with Gasteiger partial charge in [0.25, 0.3) is 5.91 Å². The van der Waals surface area contributed by atoms with Crippen LogP contribution in [0.4, 0.5) is 0 Å². The Balaban J connectivity index is 1.43. The van der Waals surface area contributed by atoms with E-state index < -0.39 is 0 Å². The van der Waals surface area contributed by atoms with Crippen molar-refractivity contribution in [3.63, 3.8) is 0 Å². The summed E-state index contributed by atoms with van der Waals surface area (Å²) in [5.41, 5.74) is 0.879. The zero-order valence-electron chi connectivity index (χ0n) is 15.6. The molecule has 0 atom stereocenters. The summed E-state index contributed by atoms with van der Waals surface area (Å²) in [4.78, 5) is 20.4. The highest BCUT2D eigenvalue weighted by Gasteiger charge is 2.19. The molecule has 7 nitrogen and oxygen atoms in total. The molecule has 3 heterocycles. The van der Waals surface area contributed by atoms with E-state index in [4.69, 9.17) is 4.74 Å². The van der Waals surface area contributed by atoms with Crippen molar-refractivity contribution in [2.45, 2.75) is 6.42 Å². The number of carbonyl (C=O) groups is 1. The molecule has 0 aliphatic carbocycles. The number of nitrogens with one attached hydrogen (secondary N) is 1. The lowest BCUT2D eigenvalue weighted by Gasteiger charge is -2.26. The molecule has 146 valence electrons. The van der Waals surface area contributed by atoms with Crippen molar-refractivity contribution in [1.82, 2.24) is 25.0 Å². The van der Waals surface area contributed by atoms with E-state index in [-0.39, 0.29) is 11.7 Å². The van der Waals surface area contributed by atoms with Crippen molar-refractivity contribution in [3.05, 3.63) is 53.7 Å². The Morgan fingerprint density at radius 2 is 1.96 bits per heavy atom. The summed E-state index contributed by atoms with van der Waals surface area (Å²) in [6, 6.07) is 13.7. The SMILES string of the molecule is O=C(NCCCN1CCOCC1)c1nc(-c2cccs2)n(-c2ccccc2)n1. The Morgan fingerprint density at radius 1 is 1.14 bits per heavy atom. The fourth-order valence-electron chi connectivity index (χ4n) is 3.13. The second-order valence-electron chi connectivity index (χ2n) is 6.55. The van der Waals surface area contributed by atoms with Crippen molar-refractivity contribution in [2.75, 3.05) is 39.4 Å². The molecule has 8 heteroatoms.